The first-order chi connectivity index (χ1) is 13.0. The molecule has 0 fully saturated rings. The van der Waals surface area contributed by atoms with E-state index in [4.69, 9.17) is 0 Å². The van der Waals surface area contributed by atoms with E-state index in [-0.39, 0.29) is 24.4 Å². The molecule has 0 aliphatic carbocycles. The Balaban J connectivity index is 1.65. The van der Waals surface area contributed by atoms with E-state index in [1.807, 2.05) is 30.3 Å². The molecule has 0 bridgehead atoms. The van der Waals surface area contributed by atoms with Crippen LogP contribution < -0.4 is 10.6 Å². The molecule has 3 aromatic rings. The first-order valence-electron chi connectivity index (χ1n) is 9.10. The molecular formula is C21H24N4O2. The van der Waals surface area contributed by atoms with Crippen molar-refractivity contribution in [3.8, 4) is 0 Å². The monoisotopic (exact) mass is 364 g/mol. The van der Waals surface area contributed by atoms with Crippen molar-refractivity contribution in [2.75, 3.05) is 6.54 Å². The molecule has 27 heavy (non-hydrogen) atoms. The van der Waals surface area contributed by atoms with Gasteiger partial charge in [-0.25, -0.2) is 4.98 Å². The second-order valence-electron chi connectivity index (χ2n) is 6.94. The van der Waals surface area contributed by atoms with Crippen molar-refractivity contribution in [1.82, 2.24) is 20.6 Å². The largest absolute Gasteiger partial charge is 0.345 e. The number of carbonyl (C=O) groups is 2. The van der Waals surface area contributed by atoms with Crippen LogP contribution in [0.2, 0.25) is 0 Å². The summed E-state index contributed by atoms with van der Waals surface area (Å²) in [5.74, 6) is 0.593. The third kappa shape index (κ3) is 4.94. The number of benzene rings is 2. The zero-order valence-corrected chi connectivity index (χ0v) is 15.5. The van der Waals surface area contributed by atoms with Crippen LogP contribution in [0.3, 0.4) is 0 Å². The summed E-state index contributed by atoms with van der Waals surface area (Å²) in [5, 5.41) is 5.64. The summed E-state index contributed by atoms with van der Waals surface area (Å²) >= 11 is 0. The first kappa shape index (κ1) is 18.6. The minimum atomic E-state index is -0.269. The van der Waals surface area contributed by atoms with E-state index < -0.39 is 0 Å². The summed E-state index contributed by atoms with van der Waals surface area (Å²) in [5.41, 5.74) is 2.34. The topological polar surface area (TPSA) is 86.9 Å². The number of aromatic amines is 1. The van der Waals surface area contributed by atoms with Crippen LogP contribution in [0, 0.1) is 5.92 Å². The van der Waals surface area contributed by atoms with Gasteiger partial charge in [0.25, 0.3) is 5.91 Å². The minimum Gasteiger partial charge on any atom is -0.345 e. The standard InChI is InChI=1S/C21H24N4O2/c1-14(2)12-18(20-24-16-10-6-7-11-17(16)25-20)23-19(26)13-22-21(27)15-8-4-3-5-9-15/h3-11,14,18H,12-13H2,1-2H3,(H,22,27)(H,23,26)(H,24,25)/t18-/m0/s1. The average Bonchev–Trinajstić information content (AvgIpc) is 3.10. The minimum absolute atomic E-state index is 0.0808. The Bertz CT molecular complexity index is 885. The van der Waals surface area contributed by atoms with Crippen molar-refractivity contribution in [3.63, 3.8) is 0 Å². The lowest BCUT2D eigenvalue weighted by Gasteiger charge is -2.19. The van der Waals surface area contributed by atoms with Gasteiger partial charge in [-0.15, -0.1) is 0 Å². The summed E-state index contributed by atoms with van der Waals surface area (Å²) in [7, 11) is 0. The van der Waals surface area contributed by atoms with Crippen molar-refractivity contribution in [2.45, 2.75) is 26.3 Å². The van der Waals surface area contributed by atoms with Gasteiger partial charge in [-0.2, -0.15) is 0 Å². The third-order valence-electron chi connectivity index (χ3n) is 4.23. The maximum absolute atomic E-state index is 12.4. The average molecular weight is 364 g/mol. The molecule has 0 spiro atoms. The molecule has 6 nitrogen and oxygen atoms in total. The second kappa shape index (κ2) is 8.49. The quantitative estimate of drug-likeness (QED) is 0.602. The number of carbonyl (C=O) groups excluding carboxylic acids is 2. The lowest BCUT2D eigenvalue weighted by molar-refractivity contribution is -0.121. The highest BCUT2D eigenvalue weighted by molar-refractivity contribution is 5.96. The van der Waals surface area contributed by atoms with E-state index in [0.717, 1.165) is 23.3 Å². The van der Waals surface area contributed by atoms with E-state index in [2.05, 4.69) is 34.4 Å². The van der Waals surface area contributed by atoms with E-state index in [1.165, 1.54) is 0 Å². The zero-order chi connectivity index (χ0) is 19.2. The SMILES string of the molecule is CC(C)C[C@H](NC(=O)CNC(=O)c1ccccc1)c1nc2ccccc2[nH]1. The van der Waals surface area contributed by atoms with Crippen LogP contribution in [0.5, 0.6) is 0 Å². The van der Waals surface area contributed by atoms with Gasteiger partial charge in [0, 0.05) is 5.56 Å². The van der Waals surface area contributed by atoms with Crippen LogP contribution in [0.15, 0.2) is 54.6 Å². The summed E-state index contributed by atoms with van der Waals surface area (Å²) < 4.78 is 0. The summed E-state index contributed by atoms with van der Waals surface area (Å²) in [6.07, 6.45) is 0.748. The number of H-pyrrole nitrogens is 1. The van der Waals surface area contributed by atoms with Crippen molar-refractivity contribution in [3.05, 3.63) is 66.0 Å². The summed E-state index contributed by atoms with van der Waals surface area (Å²) in [6.45, 7) is 4.11. The van der Waals surface area contributed by atoms with Crippen molar-refractivity contribution in [2.24, 2.45) is 5.92 Å². The van der Waals surface area contributed by atoms with Crippen LogP contribution in [0.4, 0.5) is 0 Å². The lowest BCUT2D eigenvalue weighted by atomic mass is 10.0. The normalized spacial score (nSPS) is 12.1. The number of hydrogen-bond acceptors (Lipinski definition) is 3. The number of imidazole rings is 1. The highest BCUT2D eigenvalue weighted by atomic mass is 16.2. The predicted molar refractivity (Wildman–Crippen MR) is 105 cm³/mol. The molecule has 0 aliphatic rings. The molecule has 1 aromatic heterocycles. The smallest absolute Gasteiger partial charge is 0.251 e. The molecule has 0 radical (unpaired) electrons. The fourth-order valence-corrected chi connectivity index (χ4v) is 2.95. The Morgan fingerprint density at radius 1 is 1.04 bits per heavy atom. The lowest BCUT2D eigenvalue weighted by Crippen LogP contribution is -2.39. The highest BCUT2D eigenvalue weighted by Crippen LogP contribution is 2.21. The number of hydrogen-bond donors (Lipinski definition) is 3. The molecule has 0 saturated carbocycles. The fraction of sp³-hybridized carbons (Fsp3) is 0.286. The molecule has 2 amide bonds. The molecule has 1 atom stereocenters. The zero-order valence-electron chi connectivity index (χ0n) is 15.5. The van der Waals surface area contributed by atoms with Gasteiger partial charge in [-0.1, -0.05) is 44.2 Å². The van der Waals surface area contributed by atoms with Crippen LogP contribution in [0.1, 0.15) is 42.5 Å². The Kier molecular flexibility index (Phi) is 5.86. The van der Waals surface area contributed by atoms with Gasteiger partial charge >= 0.3 is 0 Å². The summed E-state index contributed by atoms with van der Waals surface area (Å²) in [4.78, 5) is 32.4. The van der Waals surface area contributed by atoms with Crippen LogP contribution >= 0.6 is 0 Å². The number of nitrogens with one attached hydrogen (secondary N) is 3. The molecular weight excluding hydrogens is 340 g/mol. The van der Waals surface area contributed by atoms with Crippen LogP contribution in [-0.4, -0.2) is 28.3 Å². The maximum Gasteiger partial charge on any atom is 0.251 e. The Morgan fingerprint density at radius 3 is 2.44 bits per heavy atom. The van der Waals surface area contributed by atoms with Crippen LogP contribution in [-0.2, 0) is 4.79 Å². The molecule has 3 rings (SSSR count). The third-order valence-corrected chi connectivity index (χ3v) is 4.23. The number of amides is 2. The van der Waals surface area contributed by atoms with E-state index in [0.29, 0.717) is 11.5 Å². The Hall–Kier alpha value is -3.15. The number of nitrogens with zero attached hydrogens (tertiary/aromatic N) is 1. The van der Waals surface area contributed by atoms with Gasteiger partial charge in [0.05, 0.1) is 23.6 Å². The maximum atomic E-state index is 12.4. The predicted octanol–water partition coefficient (Wildman–Crippen LogP) is 3.20. The van der Waals surface area contributed by atoms with Gasteiger partial charge in [-0.3, -0.25) is 9.59 Å². The second-order valence-corrected chi connectivity index (χ2v) is 6.94. The molecule has 3 N–H and O–H groups in total. The van der Waals surface area contributed by atoms with Gasteiger partial charge in [-0.05, 0) is 36.6 Å². The summed E-state index contributed by atoms with van der Waals surface area (Å²) in [6, 6.07) is 16.4. The molecule has 140 valence electrons. The molecule has 0 aliphatic heterocycles. The molecule has 1 heterocycles. The molecule has 2 aromatic carbocycles. The van der Waals surface area contributed by atoms with E-state index >= 15 is 0 Å². The Morgan fingerprint density at radius 2 is 1.74 bits per heavy atom. The molecule has 0 unspecified atom stereocenters. The number of para-hydroxylation sites is 2. The van der Waals surface area contributed by atoms with Gasteiger partial charge in [0.15, 0.2) is 0 Å². The van der Waals surface area contributed by atoms with E-state index in [9.17, 15) is 9.59 Å². The van der Waals surface area contributed by atoms with Crippen molar-refractivity contribution in [1.29, 1.82) is 0 Å². The fourth-order valence-electron chi connectivity index (χ4n) is 2.95. The Labute approximate surface area is 158 Å². The molecule has 6 heteroatoms. The number of rotatable bonds is 7. The van der Waals surface area contributed by atoms with Gasteiger partial charge in [0.2, 0.25) is 5.91 Å². The molecule has 0 saturated heterocycles. The number of aromatic nitrogens is 2. The van der Waals surface area contributed by atoms with E-state index in [1.54, 1.807) is 24.3 Å². The van der Waals surface area contributed by atoms with Gasteiger partial charge in [0.1, 0.15) is 5.82 Å². The van der Waals surface area contributed by atoms with Crippen molar-refractivity contribution < 1.29 is 9.59 Å². The number of fused-ring (bicyclic) bond motifs is 1. The van der Waals surface area contributed by atoms with Crippen LogP contribution in [0.25, 0.3) is 11.0 Å². The highest BCUT2D eigenvalue weighted by Gasteiger charge is 2.20. The van der Waals surface area contributed by atoms with Gasteiger partial charge < -0.3 is 15.6 Å². The first-order valence-corrected chi connectivity index (χ1v) is 9.10. The van der Waals surface area contributed by atoms with Crippen molar-refractivity contribution >= 4 is 22.8 Å².